The van der Waals surface area contributed by atoms with Crippen LogP contribution in [0.1, 0.15) is 46.4 Å². The molecule has 7 heteroatoms. The van der Waals surface area contributed by atoms with E-state index in [1.165, 1.54) is 0 Å². The monoisotopic (exact) mass is 418 g/mol. The molecule has 1 amide bonds. The van der Waals surface area contributed by atoms with E-state index in [1.807, 2.05) is 48.7 Å². The van der Waals surface area contributed by atoms with E-state index in [2.05, 4.69) is 34.3 Å². The standard InChI is InChI=1S/C23H22N4O2S/c1-14(2)23-25-18(13-30-23)12-24-20(28)16-8-10-17(11-9-16)21-26-27-22(29-21)19-7-5-4-6-15(19)3/h4-11,13-14H,12H2,1-3H3,(H,24,28). The highest BCUT2D eigenvalue weighted by Crippen LogP contribution is 2.26. The minimum absolute atomic E-state index is 0.147. The minimum atomic E-state index is -0.147. The summed E-state index contributed by atoms with van der Waals surface area (Å²) in [5.41, 5.74) is 4.19. The fraction of sp³-hybridized carbons (Fsp3) is 0.217. The van der Waals surface area contributed by atoms with Crippen LogP contribution in [-0.4, -0.2) is 21.1 Å². The Labute approximate surface area is 179 Å². The smallest absolute Gasteiger partial charge is 0.251 e. The minimum Gasteiger partial charge on any atom is -0.416 e. The molecule has 2 aromatic carbocycles. The second-order valence-electron chi connectivity index (χ2n) is 7.32. The van der Waals surface area contributed by atoms with Crippen molar-refractivity contribution in [1.29, 1.82) is 0 Å². The number of thiazole rings is 1. The van der Waals surface area contributed by atoms with Gasteiger partial charge in [0, 0.05) is 28.0 Å². The van der Waals surface area contributed by atoms with Gasteiger partial charge in [0.2, 0.25) is 11.8 Å². The van der Waals surface area contributed by atoms with Crippen LogP contribution >= 0.6 is 11.3 Å². The molecule has 4 rings (SSSR count). The summed E-state index contributed by atoms with van der Waals surface area (Å²) in [7, 11) is 0. The molecule has 1 N–H and O–H groups in total. The van der Waals surface area contributed by atoms with Crippen molar-refractivity contribution < 1.29 is 9.21 Å². The molecular formula is C23H22N4O2S. The van der Waals surface area contributed by atoms with Crippen molar-refractivity contribution in [3.63, 3.8) is 0 Å². The fourth-order valence-corrected chi connectivity index (χ4v) is 3.80. The van der Waals surface area contributed by atoms with Crippen LogP contribution in [0.25, 0.3) is 22.9 Å². The Bertz CT molecular complexity index is 1160. The Balaban J connectivity index is 1.42. The zero-order valence-corrected chi connectivity index (χ0v) is 17.9. The maximum absolute atomic E-state index is 12.4. The van der Waals surface area contributed by atoms with Crippen LogP contribution in [0.5, 0.6) is 0 Å². The average Bonchev–Trinajstić information content (AvgIpc) is 3.43. The number of aromatic nitrogens is 3. The largest absolute Gasteiger partial charge is 0.416 e. The Hall–Kier alpha value is -3.32. The first-order valence-corrected chi connectivity index (χ1v) is 10.6. The third-order valence-electron chi connectivity index (χ3n) is 4.69. The van der Waals surface area contributed by atoms with Crippen LogP contribution in [0.15, 0.2) is 58.3 Å². The van der Waals surface area contributed by atoms with Crippen molar-refractivity contribution in [3.8, 4) is 22.9 Å². The first-order chi connectivity index (χ1) is 14.5. The van der Waals surface area contributed by atoms with E-state index in [-0.39, 0.29) is 5.91 Å². The summed E-state index contributed by atoms with van der Waals surface area (Å²) in [4.78, 5) is 17.0. The maximum Gasteiger partial charge on any atom is 0.251 e. The van der Waals surface area contributed by atoms with Gasteiger partial charge >= 0.3 is 0 Å². The van der Waals surface area contributed by atoms with Gasteiger partial charge in [-0.2, -0.15) is 0 Å². The summed E-state index contributed by atoms with van der Waals surface area (Å²) in [5.74, 6) is 1.15. The van der Waals surface area contributed by atoms with Crippen LogP contribution < -0.4 is 5.32 Å². The number of carbonyl (C=O) groups is 1. The number of rotatable bonds is 6. The van der Waals surface area contributed by atoms with Crippen molar-refractivity contribution in [3.05, 3.63) is 75.7 Å². The van der Waals surface area contributed by atoms with Crippen LogP contribution in [0, 0.1) is 6.92 Å². The summed E-state index contributed by atoms with van der Waals surface area (Å²) in [5, 5.41) is 14.3. The Kier molecular flexibility index (Phi) is 5.72. The van der Waals surface area contributed by atoms with Crippen LogP contribution in [0.3, 0.4) is 0 Å². The van der Waals surface area contributed by atoms with E-state index in [0.29, 0.717) is 29.8 Å². The van der Waals surface area contributed by atoms with Crippen LogP contribution in [0.4, 0.5) is 0 Å². The second kappa shape index (κ2) is 8.59. The molecule has 0 aliphatic rings. The fourth-order valence-electron chi connectivity index (χ4n) is 2.97. The van der Waals surface area contributed by atoms with Gasteiger partial charge in [-0.15, -0.1) is 21.5 Å². The zero-order valence-electron chi connectivity index (χ0n) is 17.0. The molecule has 0 saturated carbocycles. The number of benzene rings is 2. The predicted molar refractivity (Wildman–Crippen MR) is 117 cm³/mol. The molecule has 0 aliphatic heterocycles. The molecule has 4 aromatic rings. The number of amides is 1. The summed E-state index contributed by atoms with van der Waals surface area (Å²) in [6, 6.07) is 15.0. The molecule has 6 nitrogen and oxygen atoms in total. The van der Waals surface area contributed by atoms with Gasteiger partial charge in [-0.1, -0.05) is 32.0 Å². The third kappa shape index (κ3) is 4.31. The number of nitrogens with one attached hydrogen (secondary N) is 1. The first kappa shape index (κ1) is 20.0. The highest BCUT2D eigenvalue weighted by molar-refractivity contribution is 7.09. The van der Waals surface area contributed by atoms with Gasteiger partial charge in [0.15, 0.2) is 0 Å². The van der Waals surface area contributed by atoms with E-state index in [1.54, 1.807) is 23.5 Å². The predicted octanol–water partition coefficient (Wildman–Crippen LogP) is 5.22. The lowest BCUT2D eigenvalue weighted by Gasteiger charge is -2.04. The molecule has 0 atom stereocenters. The maximum atomic E-state index is 12.4. The highest BCUT2D eigenvalue weighted by Gasteiger charge is 2.13. The average molecular weight is 419 g/mol. The lowest BCUT2D eigenvalue weighted by atomic mass is 10.1. The SMILES string of the molecule is Cc1ccccc1-c1nnc(-c2ccc(C(=O)NCc3csc(C(C)C)n3)cc2)o1. The summed E-state index contributed by atoms with van der Waals surface area (Å²) in [6.45, 7) is 6.63. The molecular weight excluding hydrogens is 396 g/mol. The molecule has 0 aliphatic carbocycles. The third-order valence-corrected chi connectivity index (χ3v) is 5.88. The summed E-state index contributed by atoms with van der Waals surface area (Å²) >= 11 is 1.62. The topological polar surface area (TPSA) is 80.9 Å². The number of aryl methyl sites for hydroxylation is 1. The lowest BCUT2D eigenvalue weighted by molar-refractivity contribution is 0.0950. The van der Waals surface area contributed by atoms with E-state index in [0.717, 1.165) is 27.4 Å². The Morgan fingerprint density at radius 2 is 1.80 bits per heavy atom. The normalized spacial score (nSPS) is 11.1. The molecule has 0 fully saturated rings. The van der Waals surface area contributed by atoms with Crippen molar-refractivity contribution >= 4 is 17.2 Å². The lowest BCUT2D eigenvalue weighted by Crippen LogP contribution is -2.22. The van der Waals surface area contributed by atoms with Crippen molar-refractivity contribution in [2.75, 3.05) is 0 Å². The van der Waals surface area contributed by atoms with Gasteiger partial charge < -0.3 is 9.73 Å². The summed E-state index contributed by atoms with van der Waals surface area (Å²) < 4.78 is 5.83. The van der Waals surface area contributed by atoms with Crippen LogP contribution in [0.2, 0.25) is 0 Å². The zero-order chi connectivity index (χ0) is 21.1. The molecule has 0 spiro atoms. The van der Waals surface area contributed by atoms with Gasteiger partial charge in [0.05, 0.1) is 17.2 Å². The van der Waals surface area contributed by atoms with E-state index in [4.69, 9.17) is 4.42 Å². The molecule has 0 radical (unpaired) electrons. The van der Waals surface area contributed by atoms with Gasteiger partial charge in [0.1, 0.15) is 0 Å². The van der Waals surface area contributed by atoms with E-state index < -0.39 is 0 Å². The Morgan fingerprint density at radius 1 is 1.07 bits per heavy atom. The van der Waals surface area contributed by atoms with Gasteiger partial charge in [-0.25, -0.2) is 4.98 Å². The van der Waals surface area contributed by atoms with E-state index >= 15 is 0 Å². The molecule has 152 valence electrons. The van der Waals surface area contributed by atoms with E-state index in [9.17, 15) is 4.79 Å². The highest BCUT2D eigenvalue weighted by atomic mass is 32.1. The Morgan fingerprint density at radius 3 is 2.50 bits per heavy atom. The first-order valence-electron chi connectivity index (χ1n) is 9.73. The summed E-state index contributed by atoms with van der Waals surface area (Å²) in [6.07, 6.45) is 0. The van der Waals surface area contributed by atoms with Gasteiger partial charge in [-0.3, -0.25) is 4.79 Å². The molecule has 0 bridgehead atoms. The number of carbonyl (C=O) groups excluding carboxylic acids is 1. The van der Waals surface area contributed by atoms with Gasteiger partial charge in [-0.05, 0) is 42.8 Å². The van der Waals surface area contributed by atoms with Crippen molar-refractivity contribution in [2.24, 2.45) is 0 Å². The number of hydrogen-bond acceptors (Lipinski definition) is 6. The number of nitrogens with zero attached hydrogens (tertiary/aromatic N) is 3. The molecule has 0 unspecified atom stereocenters. The molecule has 0 saturated heterocycles. The van der Waals surface area contributed by atoms with Crippen molar-refractivity contribution in [1.82, 2.24) is 20.5 Å². The van der Waals surface area contributed by atoms with Gasteiger partial charge in [0.25, 0.3) is 5.91 Å². The number of hydrogen-bond donors (Lipinski definition) is 1. The quantitative estimate of drug-likeness (QED) is 0.464. The van der Waals surface area contributed by atoms with Crippen LogP contribution in [-0.2, 0) is 6.54 Å². The molecule has 2 heterocycles. The van der Waals surface area contributed by atoms with Crippen molar-refractivity contribution in [2.45, 2.75) is 33.2 Å². The molecule has 2 aromatic heterocycles. The second-order valence-corrected chi connectivity index (χ2v) is 8.21. The molecule has 30 heavy (non-hydrogen) atoms.